The predicted molar refractivity (Wildman–Crippen MR) is 63.0 cm³/mol. The number of hydrogen-bond acceptors (Lipinski definition) is 3. The molecular formula is C12H12FNO4. The second-order valence-electron chi connectivity index (χ2n) is 3.24. The molecule has 18 heavy (non-hydrogen) atoms. The normalized spacial score (nSPS) is 10.3. The molecule has 0 saturated carbocycles. The van der Waals surface area contributed by atoms with Gasteiger partial charge in [-0.2, -0.15) is 0 Å². The summed E-state index contributed by atoms with van der Waals surface area (Å²) in [4.78, 5) is 21.4. The van der Waals surface area contributed by atoms with Crippen molar-refractivity contribution < 1.29 is 23.8 Å². The monoisotopic (exact) mass is 253 g/mol. The van der Waals surface area contributed by atoms with E-state index in [-0.39, 0.29) is 11.4 Å². The number of halogens is 1. The van der Waals surface area contributed by atoms with Crippen molar-refractivity contribution >= 4 is 17.6 Å². The largest absolute Gasteiger partial charge is 0.491 e. The molecule has 0 aliphatic carbocycles. The van der Waals surface area contributed by atoms with Crippen LogP contribution in [0, 0.1) is 5.82 Å². The summed E-state index contributed by atoms with van der Waals surface area (Å²) in [6, 6.07) is 3.94. The number of carbonyl (C=O) groups is 2. The maximum absolute atomic E-state index is 13.4. The Morgan fingerprint density at radius 2 is 2.17 bits per heavy atom. The molecule has 0 radical (unpaired) electrons. The Kier molecular flexibility index (Phi) is 4.86. The number of aliphatic carboxylic acids is 1. The van der Waals surface area contributed by atoms with Gasteiger partial charge in [-0.15, -0.1) is 0 Å². The number of hydrogen-bond donors (Lipinski definition) is 2. The van der Waals surface area contributed by atoms with Crippen molar-refractivity contribution in [1.82, 2.24) is 0 Å². The molecule has 1 aromatic rings. The fraction of sp³-hybridized carbons (Fsp3) is 0.167. The molecule has 96 valence electrons. The average Bonchev–Trinajstić information content (AvgIpc) is 2.30. The van der Waals surface area contributed by atoms with E-state index in [1.54, 1.807) is 6.92 Å². The Morgan fingerprint density at radius 3 is 2.72 bits per heavy atom. The van der Waals surface area contributed by atoms with Crippen molar-refractivity contribution in [3.63, 3.8) is 0 Å². The standard InChI is InChI=1S/C12H12FNO4/c1-2-18-10-4-3-8(7-9(10)13)14-11(15)5-6-12(16)17/h3-7H,2H2,1H3,(H,14,15)(H,16,17)/b6-5+. The molecule has 0 fully saturated rings. The third-order valence-electron chi connectivity index (χ3n) is 1.88. The van der Waals surface area contributed by atoms with Gasteiger partial charge in [-0.3, -0.25) is 4.79 Å². The van der Waals surface area contributed by atoms with Crippen LogP contribution in [0.25, 0.3) is 0 Å². The van der Waals surface area contributed by atoms with Crippen LogP contribution < -0.4 is 10.1 Å². The number of anilines is 1. The smallest absolute Gasteiger partial charge is 0.328 e. The number of benzene rings is 1. The van der Waals surface area contributed by atoms with Crippen LogP contribution >= 0.6 is 0 Å². The lowest BCUT2D eigenvalue weighted by atomic mass is 10.3. The predicted octanol–water partition coefficient (Wildman–Crippen LogP) is 1.80. The highest BCUT2D eigenvalue weighted by Gasteiger charge is 2.05. The molecule has 6 heteroatoms. The third kappa shape index (κ3) is 4.25. The van der Waals surface area contributed by atoms with Gasteiger partial charge in [0.05, 0.1) is 6.61 Å². The molecule has 1 amide bonds. The fourth-order valence-corrected chi connectivity index (χ4v) is 1.18. The summed E-state index contributed by atoms with van der Waals surface area (Å²) in [5.74, 6) is -2.39. The van der Waals surface area contributed by atoms with Crippen LogP contribution in [-0.2, 0) is 9.59 Å². The van der Waals surface area contributed by atoms with Crippen LogP contribution in [0.2, 0.25) is 0 Å². The second kappa shape index (κ2) is 6.39. The summed E-state index contributed by atoms with van der Waals surface area (Å²) in [6.07, 6.45) is 1.54. The van der Waals surface area contributed by atoms with Crippen LogP contribution in [0.5, 0.6) is 5.75 Å². The Labute approximate surface area is 103 Å². The minimum absolute atomic E-state index is 0.0941. The maximum Gasteiger partial charge on any atom is 0.328 e. The van der Waals surface area contributed by atoms with Gasteiger partial charge in [0, 0.05) is 23.9 Å². The van der Waals surface area contributed by atoms with E-state index in [1.807, 2.05) is 0 Å². The van der Waals surface area contributed by atoms with Crippen molar-refractivity contribution in [2.45, 2.75) is 6.92 Å². The zero-order valence-electron chi connectivity index (χ0n) is 9.64. The quantitative estimate of drug-likeness (QED) is 0.784. The van der Waals surface area contributed by atoms with Gasteiger partial charge in [0.2, 0.25) is 5.91 Å². The minimum atomic E-state index is -1.23. The van der Waals surface area contributed by atoms with Crippen molar-refractivity contribution in [2.75, 3.05) is 11.9 Å². The molecule has 0 aliphatic heterocycles. The summed E-state index contributed by atoms with van der Waals surface area (Å²) in [7, 11) is 0. The van der Waals surface area contributed by atoms with Gasteiger partial charge in [-0.05, 0) is 19.1 Å². The molecule has 0 heterocycles. The van der Waals surface area contributed by atoms with E-state index < -0.39 is 17.7 Å². The topological polar surface area (TPSA) is 75.6 Å². The van der Waals surface area contributed by atoms with E-state index >= 15 is 0 Å². The van der Waals surface area contributed by atoms with E-state index in [0.29, 0.717) is 12.7 Å². The molecule has 0 spiro atoms. The van der Waals surface area contributed by atoms with Crippen LogP contribution in [0.3, 0.4) is 0 Å². The number of amides is 1. The molecule has 1 aromatic carbocycles. The first-order chi connectivity index (χ1) is 8.52. The van der Waals surface area contributed by atoms with Gasteiger partial charge >= 0.3 is 5.97 Å². The molecule has 0 aliphatic rings. The highest BCUT2D eigenvalue weighted by atomic mass is 19.1. The van der Waals surface area contributed by atoms with Gasteiger partial charge in [0.1, 0.15) is 0 Å². The molecule has 2 N–H and O–H groups in total. The molecule has 0 atom stereocenters. The third-order valence-corrected chi connectivity index (χ3v) is 1.88. The lowest BCUT2D eigenvalue weighted by Gasteiger charge is -2.06. The molecule has 0 bridgehead atoms. The SMILES string of the molecule is CCOc1ccc(NC(=O)/C=C/C(=O)O)cc1F. The van der Waals surface area contributed by atoms with Crippen LogP contribution in [0.1, 0.15) is 6.92 Å². The van der Waals surface area contributed by atoms with Gasteiger partial charge in [-0.25, -0.2) is 9.18 Å². The molecule has 1 rings (SSSR count). The van der Waals surface area contributed by atoms with Gasteiger partial charge in [0.25, 0.3) is 0 Å². The Morgan fingerprint density at radius 1 is 1.44 bits per heavy atom. The molecular weight excluding hydrogens is 241 g/mol. The molecule has 5 nitrogen and oxygen atoms in total. The Bertz CT molecular complexity index is 485. The van der Waals surface area contributed by atoms with E-state index in [2.05, 4.69) is 5.32 Å². The van der Waals surface area contributed by atoms with Crippen molar-refractivity contribution in [1.29, 1.82) is 0 Å². The van der Waals surface area contributed by atoms with E-state index in [9.17, 15) is 14.0 Å². The van der Waals surface area contributed by atoms with Gasteiger partial charge < -0.3 is 15.2 Å². The summed E-state index contributed by atoms with van der Waals surface area (Å²) < 4.78 is 18.4. The van der Waals surface area contributed by atoms with Crippen LogP contribution in [0.4, 0.5) is 10.1 Å². The van der Waals surface area contributed by atoms with Crippen molar-refractivity contribution in [2.24, 2.45) is 0 Å². The first kappa shape index (κ1) is 13.7. The first-order valence-electron chi connectivity index (χ1n) is 5.17. The number of carbonyl (C=O) groups excluding carboxylic acids is 1. The first-order valence-corrected chi connectivity index (χ1v) is 5.17. The van der Waals surface area contributed by atoms with Gasteiger partial charge in [-0.1, -0.05) is 0 Å². The van der Waals surface area contributed by atoms with Crippen LogP contribution in [-0.4, -0.2) is 23.6 Å². The Balaban J connectivity index is 2.71. The molecule has 0 saturated heterocycles. The van der Waals surface area contributed by atoms with Crippen molar-refractivity contribution in [3.05, 3.63) is 36.2 Å². The number of carboxylic acid groups (broad SMARTS) is 1. The number of nitrogens with one attached hydrogen (secondary N) is 1. The van der Waals surface area contributed by atoms with Crippen LogP contribution in [0.15, 0.2) is 30.4 Å². The lowest BCUT2D eigenvalue weighted by Crippen LogP contribution is -2.09. The summed E-state index contributed by atoms with van der Waals surface area (Å²) in [6.45, 7) is 2.07. The Hall–Kier alpha value is -2.37. The highest BCUT2D eigenvalue weighted by molar-refractivity contribution is 6.02. The molecule has 0 aromatic heterocycles. The lowest BCUT2D eigenvalue weighted by molar-refractivity contribution is -0.131. The summed E-state index contributed by atoms with van der Waals surface area (Å²) in [5.41, 5.74) is 0.219. The number of carboxylic acids is 1. The van der Waals surface area contributed by atoms with E-state index in [0.717, 1.165) is 12.1 Å². The van der Waals surface area contributed by atoms with Gasteiger partial charge in [0.15, 0.2) is 11.6 Å². The summed E-state index contributed by atoms with van der Waals surface area (Å²) in [5, 5.41) is 10.6. The highest BCUT2D eigenvalue weighted by Crippen LogP contribution is 2.21. The zero-order chi connectivity index (χ0) is 13.5. The zero-order valence-corrected chi connectivity index (χ0v) is 9.64. The maximum atomic E-state index is 13.4. The molecule has 0 unspecified atom stereocenters. The second-order valence-corrected chi connectivity index (χ2v) is 3.24. The summed E-state index contributed by atoms with van der Waals surface area (Å²) >= 11 is 0. The van der Waals surface area contributed by atoms with Crippen molar-refractivity contribution in [3.8, 4) is 5.75 Å². The van der Waals surface area contributed by atoms with E-state index in [4.69, 9.17) is 9.84 Å². The number of ether oxygens (including phenoxy) is 1. The fourth-order valence-electron chi connectivity index (χ4n) is 1.18. The number of rotatable bonds is 5. The average molecular weight is 253 g/mol. The minimum Gasteiger partial charge on any atom is -0.491 e. The van der Waals surface area contributed by atoms with E-state index in [1.165, 1.54) is 12.1 Å².